The van der Waals surface area contributed by atoms with Gasteiger partial charge in [0.25, 0.3) is 0 Å². The van der Waals surface area contributed by atoms with E-state index in [2.05, 4.69) is 10.6 Å². The Balaban J connectivity index is 4.44. The van der Waals surface area contributed by atoms with Crippen molar-refractivity contribution in [3.63, 3.8) is 0 Å². The van der Waals surface area contributed by atoms with E-state index in [1.165, 1.54) is 0 Å². The van der Waals surface area contributed by atoms with Crippen LogP contribution >= 0.6 is 12.2 Å². The topological polar surface area (TPSA) is 84.2 Å². The molecule has 0 unspecified atom stereocenters. The van der Waals surface area contributed by atoms with E-state index < -0.39 is 5.41 Å². The molecular weight excluding hydrogens is 262 g/mol. The molecule has 0 atom stereocenters. The van der Waals surface area contributed by atoms with Crippen LogP contribution in [-0.4, -0.2) is 29.9 Å². The minimum absolute atomic E-state index is 0.0457. The van der Waals surface area contributed by atoms with Crippen LogP contribution in [0.3, 0.4) is 0 Å². The molecule has 0 saturated heterocycles. The zero-order valence-electron chi connectivity index (χ0n) is 12.2. The van der Waals surface area contributed by atoms with Gasteiger partial charge >= 0.3 is 0 Å². The van der Waals surface area contributed by atoms with Crippen molar-refractivity contribution < 1.29 is 9.59 Å². The number of hydrogen-bond acceptors (Lipinski definition) is 3. The summed E-state index contributed by atoms with van der Waals surface area (Å²) in [7, 11) is 0. The maximum atomic E-state index is 12.2. The SMILES string of the molecule is CCC(CC)(C(=O)NCC(=O)NCC(C)C)C(N)=S. The van der Waals surface area contributed by atoms with E-state index in [-0.39, 0.29) is 23.3 Å². The Morgan fingerprint density at radius 2 is 1.74 bits per heavy atom. The van der Waals surface area contributed by atoms with Crippen LogP contribution in [-0.2, 0) is 9.59 Å². The molecule has 6 heteroatoms. The van der Waals surface area contributed by atoms with E-state index in [9.17, 15) is 9.59 Å². The van der Waals surface area contributed by atoms with E-state index >= 15 is 0 Å². The summed E-state index contributed by atoms with van der Waals surface area (Å²) in [5.41, 5.74) is 4.81. The summed E-state index contributed by atoms with van der Waals surface area (Å²) in [5.74, 6) is -0.0996. The Morgan fingerprint density at radius 1 is 1.21 bits per heavy atom. The molecule has 4 N–H and O–H groups in total. The van der Waals surface area contributed by atoms with Crippen LogP contribution in [0.2, 0.25) is 0 Å². The highest BCUT2D eigenvalue weighted by Crippen LogP contribution is 2.26. The lowest BCUT2D eigenvalue weighted by atomic mass is 9.81. The van der Waals surface area contributed by atoms with Crippen LogP contribution in [0.4, 0.5) is 0 Å². The molecule has 2 amide bonds. The van der Waals surface area contributed by atoms with Crippen LogP contribution in [0.25, 0.3) is 0 Å². The lowest BCUT2D eigenvalue weighted by Gasteiger charge is -2.28. The first-order valence-electron chi connectivity index (χ1n) is 6.65. The molecule has 0 aromatic carbocycles. The van der Waals surface area contributed by atoms with Crippen molar-refractivity contribution in [3.8, 4) is 0 Å². The van der Waals surface area contributed by atoms with Gasteiger partial charge in [-0.25, -0.2) is 0 Å². The Labute approximate surface area is 120 Å². The quantitative estimate of drug-likeness (QED) is 0.581. The molecule has 0 saturated carbocycles. The molecule has 0 bridgehead atoms. The highest BCUT2D eigenvalue weighted by molar-refractivity contribution is 7.80. The van der Waals surface area contributed by atoms with Gasteiger partial charge in [-0.15, -0.1) is 0 Å². The summed E-state index contributed by atoms with van der Waals surface area (Å²) < 4.78 is 0. The highest BCUT2D eigenvalue weighted by Gasteiger charge is 2.37. The Kier molecular flexibility index (Phi) is 7.59. The van der Waals surface area contributed by atoms with Gasteiger partial charge in [0.2, 0.25) is 11.8 Å². The van der Waals surface area contributed by atoms with Crippen molar-refractivity contribution in [2.75, 3.05) is 13.1 Å². The molecule has 0 aliphatic heterocycles. The lowest BCUT2D eigenvalue weighted by Crippen LogP contribution is -2.50. The summed E-state index contributed by atoms with van der Waals surface area (Å²) in [4.78, 5) is 23.9. The first-order valence-corrected chi connectivity index (χ1v) is 7.05. The van der Waals surface area contributed by atoms with Gasteiger partial charge in [0.05, 0.1) is 16.9 Å². The first-order chi connectivity index (χ1) is 8.80. The van der Waals surface area contributed by atoms with Crippen molar-refractivity contribution in [1.82, 2.24) is 10.6 Å². The number of rotatable bonds is 8. The zero-order chi connectivity index (χ0) is 15.1. The van der Waals surface area contributed by atoms with Gasteiger partial charge < -0.3 is 16.4 Å². The second-order valence-corrected chi connectivity index (χ2v) is 5.47. The van der Waals surface area contributed by atoms with Crippen molar-refractivity contribution in [2.45, 2.75) is 40.5 Å². The predicted octanol–water partition coefficient (Wildman–Crippen LogP) is 0.967. The van der Waals surface area contributed by atoms with Crippen molar-refractivity contribution in [1.29, 1.82) is 0 Å². The molecule has 0 aliphatic rings. The molecule has 5 nitrogen and oxygen atoms in total. The second kappa shape index (κ2) is 8.09. The molecule has 0 heterocycles. The molecular formula is C13H25N3O2S. The molecule has 110 valence electrons. The van der Waals surface area contributed by atoms with E-state index in [1.54, 1.807) is 0 Å². The zero-order valence-corrected chi connectivity index (χ0v) is 13.0. The first kappa shape index (κ1) is 17.8. The molecule has 0 aromatic heterocycles. The fraction of sp³-hybridized carbons (Fsp3) is 0.769. The van der Waals surface area contributed by atoms with E-state index in [0.717, 1.165) is 0 Å². The fourth-order valence-electron chi connectivity index (χ4n) is 1.74. The van der Waals surface area contributed by atoms with Gasteiger partial charge in [-0.05, 0) is 18.8 Å². The van der Waals surface area contributed by atoms with Crippen molar-refractivity contribution >= 4 is 29.0 Å². The number of hydrogen-bond donors (Lipinski definition) is 3. The molecule has 0 radical (unpaired) electrons. The summed E-state index contributed by atoms with van der Waals surface area (Å²) in [5, 5.41) is 5.35. The third-order valence-corrected chi connectivity index (χ3v) is 3.62. The summed E-state index contributed by atoms with van der Waals surface area (Å²) in [6.07, 6.45) is 1.05. The van der Waals surface area contributed by atoms with Gasteiger partial charge in [0, 0.05) is 6.54 Å². The van der Waals surface area contributed by atoms with Crippen molar-refractivity contribution in [2.24, 2.45) is 17.1 Å². The van der Waals surface area contributed by atoms with E-state index in [0.29, 0.717) is 25.3 Å². The van der Waals surface area contributed by atoms with Crippen LogP contribution in [0.1, 0.15) is 40.5 Å². The standard InChI is InChI=1S/C13H25N3O2S/c1-5-13(6-2,11(14)19)12(18)16-8-10(17)15-7-9(3)4/h9H,5-8H2,1-4H3,(H2,14,19)(H,15,17)(H,16,18). The minimum atomic E-state index is -0.854. The Hall–Kier alpha value is -1.17. The van der Waals surface area contributed by atoms with Gasteiger partial charge in [-0.3, -0.25) is 9.59 Å². The second-order valence-electron chi connectivity index (χ2n) is 5.03. The molecule has 0 aliphatic carbocycles. The monoisotopic (exact) mass is 287 g/mol. The molecule has 0 aromatic rings. The smallest absolute Gasteiger partial charge is 0.239 e. The number of nitrogens with two attached hydrogens (primary N) is 1. The Bertz CT molecular complexity index is 339. The van der Waals surface area contributed by atoms with Crippen LogP contribution in [0.15, 0.2) is 0 Å². The molecule has 0 spiro atoms. The number of thiocarbonyl (C=S) groups is 1. The maximum absolute atomic E-state index is 12.2. The lowest BCUT2D eigenvalue weighted by molar-refractivity contribution is -0.130. The van der Waals surface area contributed by atoms with Gasteiger partial charge in [-0.2, -0.15) is 0 Å². The van der Waals surface area contributed by atoms with Crippen LogP contribution in [0, 0.1) is 11.3 Å². The number of amides is 2. The minimum Gasteiger partial charge on any atom is -0.392 e. The molecule has 19 heavy (non-hydrogen) atoms. The third-order valence-electron chi connectivity index (χ3n) is 3.23. The fourth-order valence-corrected chi connectivity index (χ4v) is 2.12. The number of carbonyl (C=O) groups excluding carboxylic acids is 2. The van der Waals surface area contributed by atoms with Crippen LogP contribution < -0.4 is 16.4 Å². The Morgan fingerprint density at radius 3 is 2.11 bits per heavy atom. The normalized spacial score (nSPS) is 11.2. The molecule has 0 rings (SSSR count). The summed E-state index contributed by atoms with van der Waals surface area (Å²) in [6, 6.07) is 0. The number of carbonyl (C=O) groups is 2. The van der Waals surface area contributed by atoms with E-state index in [4.69, 9.17) is 18.0 Å². The average Bonchev–Trinajstić information content (AvgIpc) is 2.35. The largest absolute Gasteiger partial charge is 0.392 e. The predicted molar refractivity (Wildman–Crippen MR) is 80.7 cm³/mol. The maximum Gasteiger partial charge on any atom is 0.239 e. The van der Waals surface area contributed by atoms with E-state index in [1.807, 2.05) is 27.7 Å². The highest BCUT2D eigenvalue weighted by atomic mass is 32.1. The molecule has 0 fully saturated rings. The summed E-state index contributed by atoms with van der Waals surface area (Å²) in [6.45, 7) is 8.28. The van der Waals surface area contributed by atoms with Gasteiger partial charge in [-0.1, -0.05) is 39.9 Å². The van der Waals surface area contributed by atoms with Gasteiger partial charge in [0.1, 0.15) is 0 Å². The van der Waals surface area contributed by atoms with Crippen molar-refractivity contribution in [3.05, 3.63) is 0 Å². The summed E-state index contributed by atoms with van der Waals surface area (Å²) >= 11 is 4.99. The average molecular weight is 287 g/mol. The van der Waals surface area contributed by atoms with Crippen LogP contribution in [0.5, 0.6) is 0 Å². The third kappa shape index (κ3) is 5.14. The number of nitrogens with one attached hydrogen (secondary N) is 2. The van der Waals surface area contributed by atoms with Gasteiger partial charge in [0.15, 0.2) is 0 Å².